The van der Waals surface area contributed by atoms with Gasteiger partial charge in [0.1, 0.15) is 6.04 Å². The van der Waals surface area contributed by atoms with Crippen molar-refractivity contribution in [1.29, 1.82) is 0 Å². The van der Waals surface area contributed by atoms with Gasteiger partial charge in [-0.05, 0) is 36.0 Å². The van der Waals surface area contributed by atoms with Crippen LogP contribution in [0.15, 0.2) is 24.3 Å². The predicted octanol–water partition coefficient (Wildman–Crippen LogP) is 1.79. The first-order chi connectivity index (χ1) is 11.2. The van der Waals surface area contributed by atoms with Gasteiger partial charge in [-0.2, -0.15) is 0 Å². The third-order valence-corrected chi connectivity index (χ3v) is 4.27. The van der Waals surface area contributed by atoms with Gasteiger partial charge < -0.3 is 15.3 Å². The molecule has 1 fully saturated rings. The van der Waals surface area contributed by atoms with Crippen LogP contribution in [0, 0.1) is 0 Å². The van der Waals surface area contributed by atoms with Crippen LogP contribution in [0.4, 0.5) is 0 Å². The Labute approximate surface area is 141 Å². The summed E-state index contributed by atoms with van der Waals surface area (Å²) < 4.78 is 0. The summed E-state index contributed by atoms with van der Waals surface area (Å²) in [6, 6.07) is 6.49. The van der Waals surface area contributed by atoms with Gasteiger partial charge in [-0.3, -0.25) is 9.59 Å². The van der Waals surface area contributed by atoms with Crippen LogP contribution in [0.5, 0.6) is 0 Å². The highest BCUT2D eigenvalue weighted by atomic mass is 16.4. The van der Waals surface area contributed by atoms with Gasteiger partial charge >= 0.3 is 5.97 Å². The molecule has 2 N–H and O–H groups in total. The van der Waals surface area contributed by atoms with Gasteiger partial charge in [-0.1, -0.05) is 32.9 Å². The summed E-state index contributed by atoms with van der Waals surface area (Å²) in [5, 5.41) is 11.7. The maximum Gasteiger partial charge on any atom is 0.326 e. The molecule has 1 atom stereocenters. The van der Waals surface area contributed by atoms with E-state index in [4.69, 9.17) is 5.11 Å². The predicted molar refractivity (Wildman–Crippen MR) is 89.8 cm³/mol. The van der Waals surface area contributed by atoms with E-state index in [0.717, 1.165) is 5.56 Å². The van der Waals surface area contributed by atoms with Crippen molar-refractivity contribution in [2.45, 2.75) is 45.1 Å². The van der Waals surface area contributed by atoms with E-state index in [1.165, 1.54) is 4.90 Å². The Bertz CT molecular complexity index is 631. The molecular weight excluding hydrogens is 308 g/mol. The van der Waals surface area contributed by atoms with E-state index in [9.17, 15) is 14.4 Å². The zero-order valence-electron chi connectivity index (χ0n) is 14.3. The van der Waals surface area contributed by atoms with Gasteiger partial charge in [-0.15, -0.1) is 0 Å². The zero-order chi connectivity index (χ0) is 17.9. The molecule has 6 heteroatoms. The molecule has 130 valence electrons. The Hall–Kier alpha value is -2.37. The van der Waals surface area contributed by atoms with Crippen LogP contribution in [-0.2, 0) is 15.0 Å². The Morgan fingerprint density at radius 1 is 1.21 bits per heavy atom. The minimum Gasteiger partial charge on any atom is -0.480 e. The summed E-state index contributed by atoms with van der Waals surface area (Å²) >= 11 is 0. The summed E-state index contributed by atoms with van der Waals surface area (Å²) in [4.78, 5) is 36.7. The maximum atomic E-state index is 12.1. The van der Waals surface area contributed by atoms with Crippen LogP contribution >= 0.6 is 0 Å². The van der Waals surface area contributed by atoms with Crippen molar-refractivity contribution in [3.8, 4) is 0 Å². The first-order valence-corrected chi connectivity index (χ1v) is 8.11. The standard InChI is InChI=1S/C18H24N2O4/c1-18(2,3)13-8-6-12(7-9-13)16(22)19-11-15(21)20-10-4-5-14(20)17(23)24/h6-9,14H,4-5,10-11H2,1-3H3,(H,19,22)(H,23,24)/t14-/m0/s1. The fraction of sp³-hybridized carbons (Fsp3) is 0.500. The van der Waals surface area contributed by atoms with E-state index < -0.39 is 12.0 Å². The molecular formula is C18H24N2O4. The second kappa shape index (κ2) is 7.03. The van der Waals surface area contributed by atoms with Crippen molar-refractivity contribution in [2.75, 3.05) is 13.1 Å². The number of hydrogen-bond donors (Lipinski definition) is 2. The average molecular weight is 332 g/mol. The van der Waals surface area contributed by atoms with E-state index in [-0.39, 0.29) is 23.8 Å². The van der Waals surface area contributed by atoms with Crippen molar-refractivity contribution < 1.29 is 19.5 Å². The van der Waals surface area contributed by atoms with Gasteiger partial charge in [0.25, 0.3) is 5.91 Å². The lowest BCUT2D eigenvalue weighted by molar-refractivity contribution is -0.147. The van der Waals surface area contributed by atoms with E-state index in [0.29, 0.717) is 24.9 Å². The fourth-order valence-corrected chi connectivity index (χ4v) is 2.80. The van der Waals surface area contributed by atoms with Crippen molar-refractivity contribution in [3.63, 3.8) is 0 Å². The quantitative estimate of drug-likeness (QED) is 0.880. The molecule has 0 saturated carbocycles. The Balaban J connectivity index is 1.93. The summed E-state index contributed by atoms with van der Waals surface area (Å²) in [6.07, 6.45) is 1.13. The van der Waals surface area contributed by atoms with Crippen LogP contribution in [0.3, 0.4) is 0 Å². The lowest BCUT2D eigenvalue weighted by Crippen LogP contribution is -2.45. The van der Waals surface area contributed by atoms with E-state index in [2.05, 4.69) is 26.1 Å². The summed E-state index contributed by atoms with van der Waals surface area (Å²) in [7, 11) is 0. The molecule has 1 aliphatic heterocycles. The SMILES string of the molecule is CC(C)(C)c1ccc(C(=O)NCC(=O)N2CCC[C@H]2C(=O)O)cc1. The molecule has 0 bridgehead atoms. The van der Waals surface area contributed by atoms with E-state index in [1.807, 2.05) is 12.1 Å². The van der Waals surface area contributed by atoms with E-state index >= 15 is 0 Å². The fourth-order valence-electron chi connectivity index (χ4n) is 2.80. The lowest BCUT2D eigenvalue weighted by atomic mass is 9.87. The number of carboxylic acid groups (broad SMARTS) is 1. The topological polar surface area (TPSA) is 86.7 Å². The molecule has 0 aliphatic carbocycles. The summed E-state index contributed by atoms with van der Waals surface area (Å²) in [6.45, 7) is 6.51. The van der Waals surface area contributed by atoms with Crippen molar-refractivity contribution in [3.05, 3.63) is 35.4 Å². The largest absolute Gasteiger partial charge is 0.480 e. The van der Waals surface area contributed by atoms with Crippen molar-refractivity contribution in [2.24, 2.45) is 0 Å². The number of carboxylic acids is 1. The second-order valence-electron chi connectivity index (χ2n) is 7.09. The van der Waals surface area contributed by atoms with Crippen LogP contribution in [0.1, 0.15) is 49.5 Å². The molecule has 1 aliphatic rings. The summed E-state index contributed by atoms with van der Waals surface area (Å²) in [5.74, 6) is -1.70. The molecule has 1 saturated heterocycles. The molecule has 0 radical (unpaired) electrons. The van der Waals surface area contributed by atoms with Crippen LogP contribution < -0.4 is 5.32 Å². The highest BCUT2D eigenvalue weighted by molar-refractivity contribution is 5.97. The van der Waals surface area contributed by atoms with E-state index in [1.54, 1.807) is 12.1 Å². The summed E-state index contributed by atoms with van der Waals surface area (Å²) in [5.41, 5.74) is 1.61. The maximum absolute atomic E-state index is 12.1. The monoisotopic (exact) mass is 332 g/mol. The second-order valence-corrected chi connectivity index (χ2v) is 7.09. The molecule has 24 heavy (non-hydrogen) atoms. The van der Waals surface area contributed by atoms with Crippen molar-refractivity contribution >= 4 is 17.8 Å². The molecule has 1 aromatic carbocycles. The zero-order valence-corrected chi connectivity index (χ0v) is 14.3. The molecule has 6 nitrogen and oxygen atoms in total. The third kappa shape index (κ3) is 4.13. The number of rotatable bonds is 4. The number of carbonyl (C=O) groups is 3. The van der Waals surface area contributed by atoms with Crippen LogP contribution in [0.25, 0.3) is 0 Å². The first-order valence-electron chi connectivity index (χ1n) is 8.11. The van der Waals surface area contributed by atoms with Crippen LogP contribution in [0.2, 0.25) is 0 Å². The minimum absolute atomic E-state index is 0.00652. The number of carbonyl (C=O) groups excluding carboxylic acids is 2. The van der Waals surface area contributed by atoms with Gasteiger partial charge in [-0.25, -0.2) is 4.79 Å². The van der Waals surface area contributed by atoms with Gasteiger partial charge in [0.05, 0.1) is 6.54 Å². The van der Waals surface area contributed by atoms with Gasteiger partial charge in [0.15, 0.2) is 0 Å². The molecule has 0 aromatic heterocycles. The lowest BCUT2D eigenvalue weighted by Gasteiger charge is -2.21. The van der Waals surface area contributed by atoms with Gasteiger partial charge in [0.2, 0.25) is 5.91 Å². The smallest absolute Gasteiger partial charge is 0.326 e. The molecule has 0 spiro atoms. The number of likely N-dealkylation sites (tertiary alicyclic amines) is 1. The minimum atomic E-state index is -0.995. The Kier molecular flexibility index (Phi) is 5.26. The van der Waals surface area contributed by atoms with Crippen molar-refractivity contribution in [1.82, 2.24) is 10.2 Å². The molecule has 2 amide bonds. The number of benzene rings is 1. The molecule has 1 aromatic rings. The van der Waals surface area contributed by atoms with Gasteiger partial charge in [0, 0.05) is 12.1 Å². The highest BCUT2D eigenvalue weighted by Gasteiger charge is 2.33. The first kappa shape index (κ1) is 18.0. The number of aliphatic carboxylic acids is 1. The Morgan fingerprint density at radius 3 is 2.38 bits per heavy atom. The third-order valence-electron chi connectivity index (χ3n) is 4.27. The highest BCUT2D eigenvalue weighted by Crippen LogP contribution is 2.22. The number of nitrogens with one attached hydrogen (secondary N) is 1. The molecule has 2 rings (SSSR count). The number of amides is 2. The number of hydrogen-bond acceptors (Lipinski definition) is 3. The average Bonchev–Trinajstić information content (AvgIpc) is 3.01. The number of nitrogens with zero attached hydrogens (tertiary/aromatic N) is 1. The Morgan fingerprint density at radius 2 is 1.83 bits per heavy atom. The molecule has 1 heterocycles. The normalized spacial score (nSPS) is 17.6. The molecule has 0 unspecified atom stereocenters. The van der Waals surface area contributed by atoms with Crippen LogP contribution in [-0.4, -0.2) is 46.9 Å².